The Morgan fingerprint density at radius 2 is 1.68 bits per heavy atom. The van der Waals surface area contributed by atoms with E-state index in [0.717, 1.165) is 36.8 Å². The number of carbonyl (C=O) groups is 3. The van der Waals surface area contributed by atoms with Crippen LogP contribution in [0.3, 0.4) is 0 Å². The van der Waals surface area contributed by atoms with Crippen molar-refractivity contribution in [1.82, 2.24) is 10.6 Å². The summed E-state index contributed by atoms with van der Waals surface area (Å²) in [5, 5.41) is 8.63. The van der Waals surface area contributed by atoms with Crippen LogP contribution in [0.2, 0.25) is 0 Å². The highest BCUT2D eigenvalue weighted by atomic mass is 19.1. The van der Waals surface area contributed by atoms with Gasteiger partial charge in [0.25, 0.3) is 5.91 Å². The number of hydrogen-bond donors (Lipinski definition) is 2. The third-order valence-corrected chi connectivity index (χ3v) is 6.87. The molecule has 2 N–H and O–H groups in total. The molecule has 0 radical (unpaired) electrons. The van der Waals surface area contributed by atoms with Crippen molar-refractivity contribution in [2.75, 3.05) is 13.6 Å². The van der Waals surface area contributed by atoms with Crippen LogP contribution in [-0.4, -0.2) is 31.6 Å². The molecule has 1 amide bonds. The van der Waals surface area contributed by atoms with Gasteiger partial charge in [0.05, 0.1) is 12.1 Å². The molecule has 3 aromatic rings. The molecule has 0 unspecified atom stereocenters. The van der Waals surface area contributed by atoms with Crippen LogP contribution in [0.4, 0.5) is 4.39 Å². The molecule has 0 bridgehead atoms. The average molecular weight is 595 g/mol. The number of halogens is 1. The zero-order chi connectivity index (χ0) is 32.4. The molecule has 1 fully saturated rings. The molecule has 44 heavy (non-hydrogen) atoms. The number of hydrogen-bond acceptors (Lipinski definition) is 4. The average Bonchev–Trinajstić information content (AvgIpc) is 3.84. The molecule has 0 heterocycles. The van der Waals surface area contributed by atoms with Gasteiger partial charge in [-0.25, -0.2) is 4.39 Å². The first-order valence-electron chi connectivity index (χ1n) is 15.0. The maximum absolute atomic E-state index is 13.0. The maximum atomic E-state index is 13.0. The first-order valence-corrected chi connectivity index (χ1v) is 15.0. The predicted molar refractivity (Wildman–Crippen MR) is 179 cm³/mol. The lowest BCUT2D eigenvalue weighted by Gasteiger charge is -2.19. The van der Waals surface area contributed by atoms with E-state index in [1.807, 2.05) is 31.2 Å². The second-order valence-corrected chi connectivity index (χ2v) is 10.2. The summed E-state index contributed by atoms with van der Waals surface area (Å²) in [6.07, 6.45) is 8.85. The highest BCUT2D eigenvalue weighted by Crippen LogP contribution is 2.46. The quantitative estimate of drug-likeness (QED) is 0.110. The fourth-order valence-electron chi connectivity index (χ4n) is 4.24. The van der Waals surface area contributed by atoms with E-state index < -0.39 is 0 Å². The number of nitrogens with one attached hydrogen (secondary N) is 2. The minimum Gasteiger partial charge on any atom is -0.343 e. The molecule has 1 saturated carbocycles. The van der Waals surface area contributed by atoms with E-state index in [1.54, 1.807) is 20.0 Å². The van der Waals surface area contributed by atoms with Crippen molar-refractivity contribution in [1.29, 1.82) is 0 Å². The number of benzene rings is 3. The zero-order valence-corrected chi connectivity index (χ0v) is 26.2. The minimum absolute atomic E-state index is 0.0399. The number of rotatable bonds is 10. The Morgan fingerprint density at radius 1 is 1.00 bits per heavy atom. The van der Waals surface area contributed by atoms with E-state index >= 15 is 0 Å². The van der Waals surface area contributed by atoms with Crippen LogP contribution in [0.1, 0.15) is 67.9 Å². The van der Waals surface area contributed by atoms with Crippen LogP contribution < -0.4 is 10.6 Å². The number of aldehydes is 1. The molecular weight excluding hydrogens is 551 g/mol. The molecule has 1 aliphatic rings. The zero-order valence-electron chi connectivity index (χ0n) is 26.2. The van der Waals surface area contributed by atoms with E-state index in [-0.39, 0.29) is 23.1 Å². The van der Waals surface area contributed by atoms with Gasteiger partial charge in [-0.2, -0.15) is 0 Å². The lowest BCUT2D eigenvalue weighted by atomic mass is 9.99. The van der Waals surface area contributed by atoms with Gasteiger partial charge in [-0.3, -0.25) is 14.4 Å². The standard InChI is InChI=1S/C22H21NO.C12H16FN.C4H6O2/c1-2-16-7-5-6-10-20(16)21(24)23-22(13-14-22)19-12-11-17-8-3-4-9-18(17)15-19;1-4-5-8-12(13)10-11(2)7-6-9-14-3;1-2-4(6)3-5/h3-12,15H,2,13-14H2,1H3,(H,23,24);5,8,10,14H,2,4,9H2,1,3H3;3H,2H2,1H3/b;8-5-,12-10+;. The molecule has 6 heteroatoms. The lowest BCUT2D eigenvalue weighted by Crippen LogP contribution is -2.35. The Labute approximate surface area is 261 Å². The van der Waals surface area contributed by atoms with Crippen molar-refractivity contribution in [2.45, 2.75) is 58.4 Å². The first-order chi connectivity index (χ1) is 21.2. The molecular formula is C38H43FN2O3. The molecule has 0 saturated heterocycles. The fourth-order valence-corrected chi connectivity index (χ4v) is 4.24. The summed E-state index contributed by atoms with van der Waals surface area (Å²) in [6, 6.07) is 22.8. The Hall–Kier alpha value is -4.60. The normalized spacial score (nSPS) is 12.9. The fraction of sp³-hybridized carbons (Fsp3) is 0.289. The summed E-state index contributed by atoms with van der Waals surface area (Å²) in [5.41, 5.74) is 3.40. The summed E-state index contributed by atoms with van der Waals surface area (Å²) in [5.74, 6) is 4.93. The van der Waals surface area contributed by atoms with E-state index in [2.05, 4.69) is 78.4 Å². The van der Waals surface area contributed by atoms with Gasteiger partial charge in [0.2, 0.25) is 0 Å². The molecule has 230 valence electrons. The van der Waals surface area contributed by atoms with Gasteiger partial charge < -0.3 is 10.6 Å². The second kappa shape index (κ2) is 18.8. The van der Waals surface area contributed by atoms with Crippen molar-refractivity contribution in [3.63, 3.8) is 0 Å². The van der Waals surface area contributed by atoms with Crippen molar-refractivity contribution in [3.8, 4) is 11.8 Å². The molecule has 0 aliphatic heterocycles. The minimum atomic E-state index is -0.338. The topological polar surface area (TPSA) is 75.3 Å². The number of amides is 1. The van der Waals surface area contributed by atoms with Gasteiger partial charge in [0.1, 0.15) is 5.83 Å². The lowest BCUT2D eigenvalue weighted by molar-refractivity contribution is -0.129. The molecule has 5 nitrogen and oxygen atoms in total. The predicted octanol–water partition coefficient (Wildman–Crippen LogP) is 7.57. The highest BCUT2D eigenvalue weighted by molar-refractivity contribution is 6.24. The second-order valence-electron chi connectivity index (χ2n) is 10.2. The van der Waals surface area contributed by atoms with Gasteiger partial charge in [-0.15, -0.1) is 0 Å². The number of allylic oxidation sites excluding steroid dienone is 5. The van der Waals surface area contributed by atoms with E-state index in [9.17, 15) is 18.8 Å². The molecule has 4 rings (SSSR count). The number of carbonyl (C=O) groups excluding carboxylic acids is 3. The number of aryl methyl sites for hydroxylation is 1. The molecule has 0 atom stereocenters. The number of fused-ring (bicyclic) bond motifs is 1. The number of Topliss-reactive ketones (excluding diaryl/α,β-unsaturated/α-hetero) is 1. The van der Waals surface area contributed by atoms with Crippen molar-refractivity contribution >= 4 is 28.7 Å². The van der Waals surface area contributed by atoms with Crippen molar-refractivity contribution < 1.29 is 18.8 Å². The van der Waals surface area contributed by atoms with Crippen LogP contribution >= 0.6 is 0 Å². The van der Waals surface area contributed by atoms with Crippen LogP contribution in [-0.2, 0) is 21.5 Å². The van der Waals surface area contributed by atoms with Crippen molar-refractivity contribution in [3.05, 3.63) is 120 Å². The van der Waals surface area contributed by atoms with Crippen LogP contribution in [0.15, 0.2) is 103 Å². The summed E-state index contributed by atoms with van der Waals surface area (Å²) in [4.78, 5) is 32.0. The van der Waals surface area contributed by atoms with Gasteiger partial charge in [-0.05, 0) is 78.9 Å². The Kier molecular flexibility index (Phi) is 15.2. The maximum Gasteiger partial charge on any atom is 0.252 e. The molecule has 3 aromatic carbocycles. The Morgan fingerprint density at radius 3 is 2.27 bits per heavy atom. The Bertz CT molecular complexity index is 1550. The van der Waals surface area contributed by atoms with Gasteiger partial charge in [0.15, 0.2) is 12.1 Å². The summed E-state index contributed by atoms with van der Waals surface area (Å²) in [7, 11) is 1.80. The van der Waals surface area contributed by atoms with E-state index in [4.69, 9.17) is 0 Å². The summed E-state index contributed by atoms with van der Waals surface area (Å²) < 4.78 is 13.0. The van der Waals surface area contributed by atoms with E-state index in [1.165, 1.54) is 28.5 Å². The van der Waals surface area contributed by atoms with Crippen LogP contribution in [0.5, 0.6) is 0 Å². The molecule has 0 spiro atoms. The first kappa shape index (κ1) is 35.6. The van der Waals surface area contributed by atoms with Gasteiger partial charge >= 0.3 is 0 Å². The Balaban J connectivity index is 0.000000287. The van der Waals surface area contributed by atoms with Gasteiger partial charge in [0, 0.05) is 17.6 Å². The largest absolute Gasteiger partial charge is 0.343 e. The molecule has 1 aliphatic carbocycles. The third kappa shape index (κ3) is 11.6. The van der Waals surface area contributed by atoms with Gasteiger partial charge in [-0.1, -0.05) is 99.9 Å². The van der Waals surface area contributed by atoms with E-state index in [0.29, 0.717) is 24.8 Å². The summed E-state index contributed by atoms with van der Waals surface area (Å²) >= 11 is 0. The van der Waals surface area contributed by atoms with Crippen molar-refractivity contribution in [2.24, 2.45) is 0 Å². The smallest absolute Gasteiger partial charge is 0.252 e. The van der Waals surface area contributed by atoms with Crippen LogP contribution in [0, 0.1) is 11.8 Å². The SMILES string of the molecule is C=C(C#CCNC)/C=C(F)\C=C/CC.CCC(=O)C=O.CCc1ccccc1C(=O)NC1(c2ccc3ccccc3c2)CC1. The monoisotopic (exact) mass is 594 g/mol. The number of ketones is 1. The molecule has 0 aromatic heterocycles. The highest BCUT2D eigenvalue weighted by Gasteiger charge is 2.45. The third-order valence-electron chi connectivity index (χ3n) is 6.87. The van der Waals surface area contributed by atoms with Crippen LogP contribution in [0.25, 0.3) is 10.8 Å². The summed E-state index contributed by atoms with van der Waals surface area (Å²) in [6.45, 7) is 9.89.